The van der Waals surface area contributed by atoms with Crippen LogP contribution in [0.3, 0.4) is 0 Å². The van der Waals surface area contributed by atoms with Gasteiger partial charge < -0.3 is 4.98 Å². The molecule has 0 spiro atoms. The second kappa shape index (κ2) is 9.80. The van der Waals surface area contributed by atoms with Crippen molar-refractivity contribution in [1.29, 1.82) is 0 Å². The SMILES string of the molecule is [CH]1[CH][CH][CH][CH]1.[CH]1[CH][CH][C](c2nc3ccc4[nH]c5c6ccccc6c6ccccc6c5nc4c3n2)[CH]1.[Fe+2]. The molecule has 2 aliphatic carbocycles. The number of fused-ring (bicyclic) bond motifs is 9. The molecular formula is C31H20FeN4+2. The van der Waals surface area contributed by atoms with Gasteiger partial charge >= 0.3 is 17.1 Å². The summed E-state index contributed by atoms with van der Waals surface area (Å²) in [5, 5.41) is 4.74. The molecule has 6 aromatic rings. The third kappa shape index (κ3) is 3.95. The molecule has 170 valence electrons. The van der Waals surface area contributed by atoms with Crippen LogP contribution in [0.25, 0.3) is 54.6 Å². The summed E-state index contributed by atoms with van der Waals surface area (Å²) >= 11 is 0. The van der Waals surface area contributed by atoms with Crippen LogP contribution in [0, 0.1) is 63.7 Å². The van der Waals surface area contributed by atoms with Gasteiger partial charge in [-0.1, -0.05) is 48.5 Å². The van der Waals surface area contributed by atoms with Crippen molar-refractivity contribution in [2.24, 2.45) is 0 Å². The van der Waals surface area contributed by atoms with Gasteiger partial charge in [0.2, 0.25) is 0 Å². The number of benzene rings is 4. The van der Waals surface area contributed by atoms with Crippen LogP contribution in [-0.2, 0) is 17.1 Å². The van der Waals surface area contributed by atoms with Crippen LogP contribution in [-0.4, -0.2) is 19.9 Å². The zero-order valence-corrected chi connectivity index (χ0v) is 20.3. The molecular weight excluding hydrogens is 484 g/mol. The number of imidazole rings is 1. The Kier molecular flexibility index (Phi) is 6.37. The van der Waals surface area contributed by atoms with Crippen molar-refractivity contribution in [3.63, 3.8) is 0 Å². The number of hydrogen-bond acceptors (Lipinski definition) is 3. The predicted molar refractivity (Wildman–Crippen MR) is 143 cm³/mol. The number of hydrogen-bond donors (Lipinski definition) is 1. The number of aromatic nitrogens is 4. The molecule has 0 saturated heterocycles. The number of nitrogens with zero attached hydrogens (tertiary/aromatic N) is 3. The summed E-state index contributed by atoms with van der Waals surface area (Å²) in [6, 6.07) is 21.0. The Hall–Kier alpha value is -3.01. The van der Waals surface area contributed by atoms with E-state index in [1.807, 2.05) is 63.9 Å². The average molecular weight is 504 g/mol. The van der Waals surface area contributed by atoms with Gasteiger partial charge in [-0.25, -0.2) is 15.0 Å². The van der Waals surface area contributed by atoms with Crippen molar-refractivity contribution in [3.05, 3.63) is 130 Å². The van der Waals surface area contributed by atoms with Crippen LogP contribution in [0.5, 0.6) is 0 Å². The fourth-order valence-corrected chi connectivity index (χ4v) is 4.81. The van der Waals surface area contributed by atoms with E-state index in [1.165, 1.54) is 16.2 Å². The maximum atomic E-state index is 5.15. The number of aromatic amines is 1. The summed E-state index contributed by atoms with van der Waals surface area (Å²) in [6.07, 6.45) is 18.1. The van der Waals surface area contributed by atoms with Gasteiger partial charge in [0.05, 0.1) is 28.0 Å². The summed E-state index contributed by atoms with van der Waals surface area (Å²) in [5.74, 6) is 1.77. The normalized spacial score (nSPS) is 16.1. The van der Waals surface area contributed by atoms with E-state index in [0.717, 1.165) is 50.2 Å². The van der Waals surface area contributed by atoms with E-state index >= 15 is 0 Å². The average Bonchev–Trinajstić information content (AvgIpc) is 3.71. The molecule has 2 aliphatic rings. The van der Waals surface area contributed by atoms with Gasteiger partial charge in [0.25, 0.3) is 0 Å². The predicted octanol–water partition coefficient (Wildman–Crippen LogP) is 6.74. The van der Waals surface area contributed by atoms with Gasteiger partial charge in [0.1, 0.15) is 16.9 Å². The maximum absolute atomic E-state index is 5.15. The topological polar surface area (TPSA) is 54.5 Å². The molecule has 4 aromatic carbocycles. The standard InChI is InChI=1S/C26H15N4.C5H5.Fe/c1-2-8-15(7-1)26-28-21-14-13-20-24(25(21)30-26)29-23-19-12-6-4-10-17(19)16-9-3-5-11-18(16)22(23)27-20;1-2-4-5-3-1;/h1-14,27H;1-5H;/q;;+2. The molecule has 0 bridgehead atoms. The molecule has 5 heteroatoms. The molecule has 4 nitrogen and oxygen atoms in total. The Balaban J connectivity index is 0.000000361. The van der Waals surface area contributed by atoms with E-state index in [2.05, 4.69) is 59.6 Å². The monoisotopic (exact) mass is 504 g/mol. The minimum absolute atomic E-state index is 0. The zero-order chi connectivity index (χ0) is 23.2. The molecule has 2 heterocycles. The summed E-state index contributed by atoms with van der Waals surface area (Å²) in [6.45, 7) is 0. The first-order chi connectivity index (χ1) is 17.4. The van der Waals surface area contributed by atoms with Crippen LogP contribution in [0.2, 0.25) is 0 Å². The van der Waals surface area contributed by atoms with Gasteiger partial charge in [-0.05, 0) is 80.7 Å². The van der Waals surface area contributed by atoms with E-state index in [9.17, 15) is 0 Å². The summed E-state index contributed by atoms with van der Waals surface area (Å²) in [5.41, 5.74) is 5.52. The van der Waals surface area contributed by atoms with Crippen molar-refractivity contribution in [3.8, 4) is 0 Å². The molecule has 1 N–H and O–H groups in total. The molecule has 10 radical (unpaired) electrons. The van der Waals surface area contributed by atoms with Crippen molar-refractivity contribution in [2.75, 3.05) is 0 Å². The zero-order valence-electron chi connectivity index (χ0n) is 19.2. The Morgan fingerprint density at radius 3 is 1.81 bits per heavy atom. The molecule has 2 fully saturated rings. The largest absolute Gasteiger partial charge is 2.00 e. The minimum atomic E-state index is 0. The van der Waals surface area contributed by atoms with E-state index < -0.39 is 0 Å². The second-order valence-corrected chi connectivity index (χ2v) is 8.56. The van der Waals surface area contributed by atoms with Gasteiger partial charge in [-0.3, -0.25) is 0 Å². The van der Waals surface area contributed by atoms with Crippen LogP contribution in [0.15, 0.2) is 60.7 Å². The molecule has 0 atom stereocenters. The van der Waals surface area contributed by atoms with Gasteiger partial charge in [-0.15, -0.1) is 0 Å². The van der Waals surface area contributed by atoms with Crippen molar-refractivity contribution < 1.29 is 17.1 Å². The summed E-state index contributed by atoms with van der Waals surface area (Å²) in [7, 11) is 0. The Bertz CT molecular complexity index is 1690. The molecule has 0 aliphatic heterocycles. The molecule has 8 rings (SSSR count). The fourth-order valence-electron chi connectivity index (χ4n) is 4.81. The van der Waals surface area contributed by atoms with Crippen LogP contribution >= 0.6 is 0 Å². The maximum Gasteiger partial charge on any atom is 2.00 e. The molecule has 2 saturated carbocycles. The molecule has 0 unspecified atom stereocenters. The first-order valence-electron chi connectivity index (χ1n) is 11.7. The van der Waals surface area contributed by atoms with Crippen molar-refractivity contribution in [2.45, 2.75) is 0 Å². The number of rotatable bonds is 1. The van der Waals surface area contributed by atoms with Crippen LogP contribution in [0.4, 0.5) is 0 Å². The van der Waals surface area contributed by atoms with E-state index in [-0.39, 0.29) is 17.1 Å². The van der Waals surface area contributed by atoms with Gasteiger partial charge in [0.15, 0.2) is 0 Å². The minimum Gasteiger partial charge on any atom is -0.351 e. The fraction of sp³-hybridized carbons (Fsp3) is 0. The van der Waals surface area contributed by atoms with Crippen LogP contribution in [0.1, 0.15) is 5.82 Å². The van der Waals surface area contributed by atoms with Crippen molar-refractivity contribution in [1.82, 2.24) is 19.9 Å². The molecule has 0 amide bonds. The molecule has 2 aromatic heterocycles. The van der Waals surface area contributed by atoms with Crippen LogP contribution < -0.4 is 0 Å². The Morgan fingerprint density at radius 1 is 0.500 bits per heavy atom. The number of H-pyrrole nitrogens is 1. The van der Waals surface area contributed by atoms with E-state index in [0.29, 0.717) is 0 Å². The second-order valence-electron chi connectivity index (χ2n) is 8.56. The van der Waals surface area contributed by atoms with Gasteiger partial charge in [-0.2, -0.15) is 0 Å². The third-order valence-corrected chi connectivity index (χ3v) is 6.44. The quantitative estimate of drug-likeness (QED) is 0.153. The smallest absolute Gasteiger partial charge is 0.351 e. The first-order valence-corrected chi connectivity index (χ1v) is 11.7. The summed E-state index contributed by atoms with van der Waals surface area (Å²) < 4.78 is 0. The van der Waals surface area contributed by atoms with Crippen molar-refractivity contribution >= 4 is 54.6 Å². The van der Waals surface area contributed by atoms with Gasteiger partial charge in [0, 0.05) is 10.8 Å². The third-order valence-electron chi connectivity index (χ3n) is 6.44. The van der Waals surface area contributed by atoms with E-state index in [1.54, 1.807) is 0 Å². The molecule has 36 heavy (non-hydrogen) atoms. The van der Waals surface area contributed by atoms with E-state index in [4.69, 9.17) is 15.0 Å². The Morgan fingerprint density at radius 2 is 1.11 bits per heavy atom. The number of nitrogens with one attached hydrogen (secondary N) is 1. The Labute approximate surface area is 221 Å². The summed E-state index contributed by atoms with van der Waals surface area (Å²) in [4.78, 5) is 18.4. The first kappa shape index (κ1) is 23.4.